The number of hydrogen-bond acceptors (Lipinski definition) is 2. The molecular weight excluding hydrogens is 304 g/mol. The van der Waals surface area contributed by atoms with Gasteiger partial charge in [-0.2, -0.15) is 0 Å². The summed E-state index contributed by atoms with van der Waals surface area (Å²) >= 11 is 5.48. The van der Waals surface area contributed by atoms with Crippen LogP contribution in [0.5, 0.6) is 5.75 Å². The third kappa shape index (κ3) is 4.70. The molecule has 0 aliphatic rings. The van der Waals surface area contributed by atoms with Crippen LogP contribution in [0.3, 0.4) is 0 Å². The summed E-state index contributed by atoms with van der Waals surface area (Å²) in [6, 6.07) is 14.7. The van der Waals surface area contributed by atoms with Gasteiger partial charge in [0.1, 0.15) is 5.75 Å². The fourth-order valence-electron chi connectivity index (χ4n) is 2.46. The Morgan fingerprint density at radius 2 is 1.74 bits per heavy atom. The Labute approximate surface area is 144 Å². The minimum absolute atomic E-state index is 0.186. The van der Waals surface area contributed by atoms with Gasteiger partial charge in [0.2, 0.25) is 0 Å². The van der Waals surface area contributed by atoms with Crippen molar-refractivity contribution in [1.29, 1.82) is 0 Å². The molecule has 2 rings (SSSR count). The van der Waals surface area contributed by atoms with Crippen LogP contribution >= 0.6 is 12.2 Å². The number of rotatable bonds is 5. The number of ether oxygens (including phenoxy) is 1. The fraction of sp³-hybridized carbons (Fsp3) is 0.316. The largest absolute Gasteiger partial charge is 0.495 e. The van der Waals surface area contributed by atoms with Gasteiger partial charge in [-0.3, -0.25) is 0 Å². The molecule has 1 atom stereocenters. The topological polar surface area (TPSA) is 33.3 Å². The standard InChI is InChI=1S/C19H24N2OS/c1-5-16(15-9-6-13(2)7-10-15)20-19(23)21-17-12-14(3)8-11-18(17)22-4/h6-12,16H,5H2,1-4H3,(H2,20,21,23). The van der Waals surface area contributed by atoms with Crippen LogP contribution in [0, 0.1) is 13.8 Å². The lowest BCUT2D eigenvalue weighted by Gasteiger charge is -2.21. The Bertz CT molecular complexity index is 668. The zero-order chi connectivity index (χ0) is 16.8. The van der Waals surface area contributed by atoms with Gasteiger partial charge in [0.05, 0.1) is 18.8 Å². The first-order chi connectivity index (χ1) is 11.0. The molecule has 0 fully saturated rings. The lowest BCUT2D eigenvalue weighted by atomic mass is 10.0. The van der Waals surface area contributed by atoms with E-state index in [1.165, 1.54) is 11.1 Å². The summed E-state index contributed by atoms with van der Waals surface area (Å²) in [5, 5.41) is 7.23. The molecule has 0 heterocycles. The molecule has 1 unspecified atom stereocenters. The number of anilines is 1. The predicted octanol–water partition coefficient (Wildman–Crippen LogP) is 4.75. The second-order valence-corrected chi connectivity index (χ2v) is 6.08. The summed E-state index contributed by atoms with van der Waals surface area (Å²) in [7, 11) is 1.66. The van der Waals surface area contributed by atoms with Crippen LogP contribution in [-0.2, 0) is 0 Å². The van der Waals surface area contributed by atoms with Crippen molar-refractivity contribution in [3.63, 3.8) is 0 Å². The van der Waals surface area contributed by atoms with Crippen LogP contribution in [0.25, 0.3) is 0 Å². The van der Waals surface area contributed by atoms with E-state index in [-0.39, 0.29) is 6.04 Å². The maximum atomic E-state index is 5.48. The summed E-state index contributed by atoms with van der Waals surface area (Å²) in [6.07, 6.45) is 0.954. The Morgan fingerprint density at radius 1 is 1.09 bits per heavy atom. The number of benzene rings is 2. The van der Waals surface area contributed by atoms with Gasteiger partial charge in [-0.1, -0.05) is 42.8 Å². The average molecular weight is 328 g/mol. The minimum atomic E-state index is 0.186. The molecule has 23 heavy (non-hydrogen) atoms. The Hall–Kier alpha value is -2.07. The second-order valence-electron chi connectivity index (χ2n) is 5.67. The maximum Gasteiger partial charge on any atom is 0.171 e. The van der Waals surface area contributed by atoms with E-state index in [0.29, 0.717) is 5.11 Å². The molecular formula is C19H24N2OS. The van der Waals surface area contributed by atoms with E-state index in [9.17, 15) is 0 Å². The van der Waals surface area contributed by atoms with Gasteiger partial charge < -0.3 is 15.4 Å². The van der Waals surface area contributed by atoms with Crippen LogP contribution in [0.1, 0.15) is 36.1 Å². The van der Waals surface area contributed by atoms with Crippen LogP contribution in [0.2, 0.25) is 0 Å². The third-order valence-corrected chi connectivity index (χ3v) is 4.02. The quantitative estimate of drug-likeness (QED) is 0.776. The van der Waals surface area contributed by atoms with E-state index in [2.05, 4.69) is 48.7 Å². The second kappa shape index (κ2) is 7.97. The van der Waals surface area contributed by atoms with Gasteiger partial charge in [0.25, 0.3) is 0 Å². The highest BCUT2D eigenvalue weighted by Gasteiger charge is 2.12. The summed E-state index contributed by atoms with van der Waals surface area (Å²) in [4.78, 5) is 0. The van der Waals surface area contributed by atoms with E-state index in [1.807, 2.05) is 25.1 Å². The van der Waals surface area contributed by atoms with Crippen LogP contribution in [0.4, 0.5) is 5.69 Å². The van der Waals surface area contributed by atoms with Gasteiger partial charge in [-0.25, -0.2) is 0 Å². The molecule has 0 aliphatic carbocycles. The van der Waals surface area contributed by atoms with Crippen molar-refractivity contribution in [2.75, 3.05) is 12.4 Å². The van der Waals surface area contributed by atoms with E-state index < -0.39 is 0 Å². The molecule has 4 heteroatoms. The van der Waals surface area contributed by atoms with Crippen molar-refractivity contribution in [3.8, 4) is 5.75 Å². The summed E-state index contributed by atoms with van der Waals surface area (Å²) in [5.41, 5.74) is 4.53. The van der Waals surface area contributed by atoms with E-state index in [1.54, 1.807) is 7.11 Å². The van der Waals surface area contributed by atoms with Gasteiger partial charge in [-0.15, -0.1) is 0 Å². The third-order valence-electron chi connectivity index (χ3n) is 3.80. The highest BCUT2D eigenvalue weighted by molar-refractivity contribution is 7.80. The minimum Gasteiger partial charge on any atom is -0.495 e. The van der Waals surface area contributed by atoms with Crippen molar-refractivity contribution in [2.45, 2.75) is 33.2 Å². The molecule has 2 N–H and O–H groups in total. The van der Waals surface area contributed by atoms with Crippen molar-refractivity contribution >= 4 is 23.0 Å². The molecule has 0 aliphatic heterocycles. The van der Waals surface area contributed by atoms with Crippen molar-refractivity contribution in [1.82, 2.24) is 5.32 Å². The van der Waals surface area contributed by atoms with Gasteiger partial charge in [-0.05, 0) is 55.7 Å². The van der Waals surface area contributed by atoms with Crippen molar-refractivity contribution in [3.05, 3.63) is 59.2 Å². The molecule has 2 aromatic carbocycles. The van der Waals surface area contributed by atoms with Crippen LogP contribution < -0.4 is 15.4 Å². The number of aryl methyl sites for hydroxylation is 2. The van der Waals surface area contributed by atoms with E-state index in [4.69, 9.17) is 17.0 Å². The number of hydrogen-bond donors (Lipinski definition) is 2. The normalized spacial score (nSPS) is 11.7. The molecule has 0 saturated heterocycles. The lowest BCUT2D eigenvalue weighted by molar-refractivity contribution is 0.417. The molecule has 2 aromatic rings. The lowest BCUT2D eigenvalue weighted by Crippen LogP contribution is -2.32. The van der Waals surface area contributed by atoms with Gasteiger partial charge in [0.15, 0.2) is 5.11 Å². The molecule has 0 amide bonds. The molecule has 0 spiro atoms. The van der Waals surface area contributed by atoms with Gasteiger partial charge in [0, 0.05) is 0 Å². The zero-order valence-corrected chi connectivity index (χ0v) is 15.0. The first-order valence-electron chi connectivity index (χ1n) is 7.82. The zero-order valence-electron chi connectivity index (χ0n) is 14.1. The van der Waals surface area contributed by atoms with Gasteiger partial charge >= 0.3 is 0 Å². The Balaban J connectivity index is 2.08. The average Bonchev–Trinajstić information content (AvgIpc) is 2.54. The smallest absolute Gasteiger partial charge is 0.171 e. The fourth-order valence-corrected chi connectivity index (χ4v) is 2.71. The van der Waals surface area contributed by atoms with Crippen molar-refractivity contribution in [2.24, 2.45) is 0 Å². The maximum absolute atomic E-state index is 5.48. The summed E-state index contributed by atoms with van der Waals surface area (Å²) < 4.78 is 5.38. The molecule has 3 nitrogen and oxygen atoms in total. The molecule has 0 radical (unpaired) electrons. The number of nitrogens with one attached hydrogen (secondary N) is 2. The summed E-state index contributed by atoms with van der Waals surface area (Å²) in [6.45, 7) is 6.28. The van der Waals surface area contributed by atoms with Crippen molar-refractivity contribution < 1.29 is 4.74 Å². The molecule has 122 valence electrons. The highest BCUT2D eigenvalue weighted by Crippen LogP contribution is 2.25. The van der Waals surface area contributed by atoms with Crippen LogP contribution in [0.15, 0.2) is 42.5 Å². The summed E-state index contributed by atoms with van der Waals surface area (Å²) in [5.74, 6) is 0.781. The SMILES string of the molecule is CCC(NC(=S)Nc1cc(C)ccc1OC)c1ccc(C)cc1. The molecule has 0 aromatic heterocycles. The first-order valence-corrected chi connectivity index (χ1v) is 8.23. The Morgan fingerprint density at radius 3 is 2.35 bits per heavy atom. The monoisotopic (exact) mass is 328 g/mol. The highest BCUT2D eigenvalue weighted by atomic mass is 32.1. The van der Waals surface area contributed by atoms with Crippen LogP contribution in [-0.4, -0.2) is 12.2 Å². The Kier molecular flexibility index (Phi) is 5.99. The first kappa shape index (κ1) is 17.3. The molecule has 0 bridgehead atoms. The molecule has 0 saturated carbocycles. The number of methoxy groups -OCH3 is 1. The van der Waals surface area contributed by atoms with E-state index in [0.717, 1.165) is 23.4 Å². The van der Waals surface area contributed by atoms with E-state index >= 15 is 0 Å². The number of thiocarbonyl (C=S) groups is 1. The predicted molar refractivity (Wildman–Crippen MR) is 101 cm³/mol.